The van der Waals surface area contributed by atoms with Crippen molar-refractivity contribution in [2.75, 3.05) is 11.9 Å². The van der Waals surface area contributed by atoms with Gasteiger partial charge < -0.3 is 14.8 Å². The molecule has 1 saturated heterocycles. The molecule has 1 aliphatic heterocycles. The van der Waals surface area contributed by atoms with E-state index in [2.05, 4.69) is 35.3 Å². The number of anilines is 2. The summed E-state index contributed by atoms with van der Waals surface area (Å²) in [5, 5.41) is 13.4. The Kier molecular flexibility index (Phi) is 4.14. The van der Waals surface area contributed by atoms with Gasteiger partial charge in [0.15, 0.2) is 17.3 Å². The standard InChI is InChI=1S/C14H15F2N7O2/c15-14(16)25-12-4-10(21-22-12)19-11-6-17-9-5-18-23(13(9)20-11)7-8-2-1-3-24-8/h4-6,8,14H,1-3,7H2,(H2,19,20,21,22)/t8-/m1/s1. The Morgan fingerprint density at radius 3 is 3.12 bits per heavy atom. The van der Waals surface area contributed by atoms with Crippen LogP contribution in [0.15, 0.2) is 18.5 Å². The van der Waals surface area contributed by atoms with Crippen molar-refractivity contribution in [3.05, 3.63) is 18.5 Å². The van der Waals surface area contributed by atoms with Gasteiger partial charge in [-0.05, 0) is 12.8 Å². The average Bonchev–Trinajstić information content (AvgIpc) is 3.30. The van der Waals surface area contributed by atoms with Crippen molar-refractivity contribution in [3.63, 3.8) is 0 Å². The van der Waals surface area contributed by atoms with E-state index >= 15 is 0 Å². The Morgan fingerprint density at radius 1 is 1.40 bits per heavy atom. The molecular weight excluding hydrogens is 336 g/mol. The molecule has 1 atom stereocenters. The molecule has 4 rings (SSSR count). The Morgan fingerprint density at radius 2 is 2.32 bits per heavy atom. The number of rotatable bonds is 6. The Bertz CT molecular complexity index is 860. The maximum absolute atomic E-state index is 12.2. The van der Waals surface area contributed by atoms with Crippen molar-refractivity contribution in [1.29, 1.82) is 0 Å². The molecule has 0 spiro atoms. The minimum Gasteiger partial charge on any atom is -0.417 e. The average molecular weight is 351 g/mol. The minimum atomic E-state index is -2.92. The minimum absolute atomic E-state index is 0.127. The van der Waals surface area contributed by atoms with E-state index in [9.17, 15) is 8.78 Å². The molecule has 1 aliphatic rings. The van der Waals surface area contributed by atoms with E-state index in [0.717, 1.165) is 19.4 Å². The number of H-pyrrole nitrogens is 1. The van der Waals surface area contributed by atoms with Gasteiger partial charge in [-0.3, -0.25) is 0 Å². The molecule has 9 nitrogen and oxygen atoms in total. The summed E-state index contributed by atoms with van der Waals surface area (Å²) in [6.45, 7) is -1.54. The van der Waals surface area contributed by atoms with Gasteiger partial charge in [0, 0.05) is 12.7 Å². The first-order valence-electron chi connectivity index (χ1n) is 7.75. The molecule has 2 N–H and O–H groups in total. The number of ether oxygens (including phenoxy) is 2. The highest BCUT2D eigenvalue weighted by atomic mass is 19.3. The first-order valence-corrected chi connectivity index (χ1v) is 7.75. The van der Waals surface area contributed by atoms with Crippen LogP contribution in [0.3, 0.4) is 0 Å². The number of hydrogen-bond acceptors (Lipinski definition) is 7. The lowest BCUT2D eigenvalue weighted by atomic mass is 10.2. The molecule has 0 aromatic carbocycles. The van der Waals surface area contributed by atoms with Crippen molar-refractivity contribution in [3.8, 4) is 5.88 Å². The van der Waals surface area contributed by atoms with Crippen LogP contribution in [0.1, 0.15) is 12.8 Å². The van der Waals surface area contributed by atoms with Gasteiger partial charge in [0.1, 0.15) is 5.52 Å². The highest BCUT2D eigenvalue weighted by molar-refractivity contribution is 5.71. The van der Waals surface area contributed by atoms with Gasteiger partial charge >= 0.3 is 6.61 Å². The van der Waals surface area contributed by atoms with Gasteiger partial charge in [-0.1, -0.05) is 0 Å². The van der Waals surface area contributed by atoms with Crippen LogP contribution in [0.25, 0.3) is 11.2 Å². The van der Waals surface area contributed by atoms with Gasteiger partial charge in [-0.25, -0.2) is 19.7 Å². The van der Waals surface area contributed by atoms with Crippen molar-refractivity contribution >= 4 is 22.8 Å². The molecule has 3 aromatic heterocycles. The zero-order valence-electron chi connectivity index (χ0n) is 13.0. The molecule has 3 aromatic rings. The van der Waals surface area contributed by atoms with Crippen LogP contribution in [-0.2, 0) is 11.3 Å². The first-order chi connectivity index (χ1) is 12.2. The molecule has 0 unspecified atom stereocenters. The number of halogens is 2. The number of hydrogen-bond donors (Lipinski definition) is 2. The third kappa shape index (κ3) is 3.50. The monoisotopic (exact) mass is 351 g/mol. The van der Waals surface area contributed by atoms with Crippen LogP contribution in [0.4, 0.5) is 20.4 Å². The maximum atomic E-state index is 12.2. The second-order valence-electron chi connectivity index (χ2n) is 5.55. The summed E-state index contributed by atoms with van der Waals surface area (Å²) >= 11 is 0. The van der Waals surface area contributed by atoms with Gasteiger partial charge in [0.25, 0.3) is 0 Å². The molecule has 11 heteroatoms. The normalized spacial score (nSPS) is 17.5. The molecule has 1 fully saturated rings. The van der Waals surface area contributed by atoms with E-state index in [1.54, 1.807) is 10.9 Å². The fraction of sp³-hybridized carbons (Fsp3) is 0.429. The number of fused-ring (bicyclic) bond motifs is 1. The zero-order valence-corrected chi connectivity index (χ0v) is 13.0. The Hall–Kier alpha value is -2.82. The third-order valence-corrected chi connectivity index (χ3v) is 3.77. The van der Waals surface area contributed by atoms with Crippen molar-refractivity contribution in [1.82, 2.24) is 29.9 Å². The molecule has 0 bridgehead atoms. The zero-order chi connectivity index (χ0) is 17.2. The second-order valence-corrected chi connectivity index (χ2v) is 5.55. The molecule has 0 aliphatic carbocycles. The predicted molar refractivity (Wildman–Crippen MR) is 82.8 cm³/mol. The van der Waals surface area contributed by atoms with E-state index in [1.807, 2.05) is 0 Å². The predicted octanol–water partition coefficient (Wildman–Crippen LogP) is 2.07. The molecular formula is C14H15F2N7O2. The van der Waals surface area contributed by atoms with Gasteiger partial charge in [-0.2, -0.15) is 19.0 Å². The van der Waals surface area contributed by atoms with Crippen molar-refractivity contribution in [2.24, 2.45) is 0 Å². The first kappa shape index (κ1) is 15.7. The quantitative estimate of drug-likeness (QED) is 0.701. The number of aromatic amines is 1. The lowest BCUT2D eigenvalue weighted by Crippen LogP contribution is -2.16. The topological polar surface area (TPSA) is 103 Å². The molecule has 0 amide bonds. The SMILES string of the molecule is FC(F)Oc1cc(Nc2cnc3cnn(C[C@H]4CCCO4)c3n2)n[nH]1. The fourth-order valence-corrected chi connectivity index (χ4v) is 2.68. The summed E-state index contributed by atoms with van der Waals surface area (Å²) in [4.78, 5) is 8.76. The van der Waals surface area contributed by atoms with E-state index in [-0.39, 0.29) is 17.8 Å². The van der Waals surface area contributed by atoms with E-state index < -0.39 is 6.61 Å². The van der Waals surface area contributed by atoms with Crippen LogP contribution in [-0.4, -0.2) is 49.3 Å². The number of nitrogens with zero attached hydrogens (tertiary/aromatic N) is 5. The summed E-state index contributed by atoms with van der Waals surface area (Å²) in [6, 6.07) is 1.31. The number of alkyl halides is 2. The van der Waals surface area contributed by atoms with Crippen molar-refractivity contribution in [2.45, 2.75) is 32.1 Å². The Labute approximate surface area is 140 Å². The summed E-state index contributed by atoms with van der Waals surface area (Å²) in [5.41, 5.74) is 1.27. The van der Waals surface area contributed by atoms with Crippen LogP contribution in [0, 0.1) is 0 Å². The maximum Gasteiger partial charge on any atom is 0.388 e. The van der Waals surface area contributed by atoms with Crippen LogP contribution in [0.5, 0.6) is 5.88 Å². The summed E-state index contributed by atoms with van der Waals surface area (Å²) in [6.07, 6.45) is 5.33. The van der Waals surface area contributed by atoms with E-state index in [4.69, 9.17) is 4.74 Å². The molecule has 0 saturated carbocycles. The fourth-order valence-electron chi connectivity index (χ4n) is 2.68. The second kappa shape index (κ2) is 6.59. The molecule has 25 heavy (non-hydrogen) atoms. The van der Waals surface area contributed by atoms with Crippen LogP contribution < -0.4 is 10.1 Å². The lowest BCUT2D eigenvalue weighted by Gasteiger charge is -2.10. The summed E-state index contributed by atoms with van der Waals surface area (Å²) in [7, 11) is 0. The smallest absolute Gasteiger partial charge is 0.388 e. The lowest BCUT2D eigenvalue weighted by molar-refractivity contribution is -0.0528. The largest absolute Gasteiger partial charge is 0.417 e. The molecule has 132 valence electrons. The molecule has 0 radical (unpaired) electrons. The number of nitrogens with one attached hydrogen (secondary N) is 2. The summed E-state index contributed by atoms with van der Waals surface area (Å²) < 4.78 is 35.9. The van der Waals surface area contributed by atoms with Crippen molar-refractivity contribution < 1.29 is 18.3 Å². The van der Waals surface area contributed by atoms with Gasteiger partial charge in [0.2, 0.25) is 5.88 Å². The van der Waals surface area contributed by atoms with E-state index in [1.165, 1.54) is 12.3 Å². The third-order valence-electron chi connectivity index (χ3n) is 3.77. The molecule has 4 heterocycles. The van der Waals surface area contributed by atoms with E-state index in [0.29, 0.717) is 23.5 Å². The van der Waals surface area contributed by atoms with Gasteiger partial charge in [-0.15, -0.1) is 0 Å². The summed E-state index contributed by atoms with van der Waals surface area (Å²) in [5.74, 6) is 0.557. The number of aromatic nitrogens is 6. The van der Waals surface area contributed by atoms with Gasteiger partial charge in [0.05, 0.1) is 25.0 Å². The Balaban J connectivity index is 1.52. The highest BCUT2D eigenvalue weighted by Gasteiger charge is 2.18. The van der Waals surface area contributed by atoms with Crippen LogP contribution in [0.2, 0.25) is 0 Å². The highest BCUT2D eigenvalue weighted by Crippen LogP contribution is 2.21. The van der Waals surface area contributed by atoms with Crippen LogP contribution >= 0.6 is 0 Å².